The van der Waals surface area contributed by atoms with Crippen LogP contribution in [-0.4, -0.2) is 18.6 Å². The maximum atomic E-state index is 12.2. The standard InChI is InChI=1S/C19H21NO4/c1-11-8-18(22)24-16-9-14(6-7-15(11)16)23-10-17(21)20-19(12-2-3-12)13-4-5-13/h6-9,12-13,19H,2-5,10H2,1H3,(H,20,21). The van der Waals surface area contributed by atoms with E-state index < -0.39 is 0 Å². The van der Waals surface area contributed by atoms with Crippen LogP contribution < -0.4 is 15.7 Å². The van der Waals surface area contributed by atoms with Gasteiger partial charge in [-0.25, -0.2) is 4.79 Å². The highest BCUT2D eigenvalue weighted by atomic mass is 16.5. The molecule has 0 bridgehead atoms. The summed E-state index contributed by atoms with van der Waals surface area (Å²) in [6, 6.07) is 7.10. The van der Waals surface area contributed by atoms with Gasteiger partial charge in [0.05, 0.1) is 0 Å². The number of nitrogens with one attached hydrogen (secondary N) is 1. The first-order chi connectivity index (χ1) is 11.6. The van der Waals surface area contributed by atoms with E-state index in [-0.39, 0.29) is 18.1 Å². The van der Waals surface area contributed by atoms with Gasteiger partial charge in [0.2, 0.25) is 0 Å². The van der Waals surface area contributed by atoms with Gasteiger partial charge in [0.15, 0.2) is 6.61 Å². The lowest BCUT2D eigenvalue weighted by molar-refractivity contribution is -0.124. The minimum absolute atomic E-state index is 0.0164. The fraction of sp³-hybridized carbons (Fsp3) is 0.474. The number of hydrogen-bond donors (Lipinski definition) is 1. The number of ether oxygens (including phenoxy) is 1. The fourth-order valence-electron chi connectivity index (χ4n) is 3.30. The third kappa shape index (κ3) is 3.30. The van der Waals surface area contributed by atoms with Crippen LogP contribution in [0, 0.1) is 18.8 Å². The van der Waals surface area contributed by atoms with Crippen molar-refractivity contribution in [3.8, 4) is 5.75 Å². The van der Waals surface area contributed by atoms with Gasteiger partial charge < -0.3 is 14.5 Å². The lowest BCUT2D eigenvalue weighted by Crippen LogP contribution is -2.40. The molecule has 2 aliphatic rings. The van der Waals surface area contributed by atoms with Crippen LogP contribution in [-0.2, 0) is 4.79 Å². The van der Waals surface area contributed by atoms with Gasteiger partial charge in [0.1, 0.15) is 11.3 Å². The molecule has 5 heteroatoms. The zero-order valence-corrected chi connectivity index (χ0v) is 13.7. The van der Waals surface area contributed by atoms with Crippen molar-refractivity contribution in [2.75, 3.05) is 6.61 Å². The lowest BCUT2D eigenvalue weighted by atomic mass is 10.1. The molecule has 2 aliphatic carbocycles. The maximum Gasteiger partial charge on any atom is 0.336 e. The Morgan fingerprint density at radius 1 is 1.25 bits per heavy atom. The molecule has 1 aromatic carbocycles. The molecule has 0 spiro atoms. The van der Waals surface area contributed by atoms with E-state index in [9.17, 15) is 9.59 Å². The van der Waals surface area contributed by atoms with Crippen LogP contribution in [0.15, 0.2) is 33.5 Å². The molecule has 2 fully saturated rings. The van der Waals surface area contributed by atoms with Gasteiger partial charge in [-0.1, -0.05) is 0 Å². The van der Waals surface area contributed by atoms with Crippen molar-refractivity contribution >= 4 is 16.9 Å². The van der Waals surface area contributed by atoms with Gasteiger partial charge in [-0.2, -0.15) is 0 Å². The quantitative estimate of drug-likeness (QED) is 0.828. The van der Waals surface area contributed by atoms with Crippen molar-refractivity contribution in [1.29, 1.82) is 0 Å². The Morgan fingerprint density at radius 3 is 2.62 bits per heavy atom. The van der Waals surface area contributed by atoms with Crippen LogP contribution in [0.4, 0.5) is 0 Å². The minimum Gasteiger partial charge on any atom is -0.484 e. The summed E-state index contributed by atoms with van der Waals surface area (Å²) >= 11 is 0. The second kappa shape index (κ2) is 5.96. The molecule has 1 amide bonds. The molecule has 126 valence electrons. The van der Waals surface area contributed by atoms with E-state index in [4.69, 9.17) is 9.15 Å². The Labute approximate surface area is 140 Å². The molecular formula is C19H21NO4. The zero-order chi connectivity index (χ0) is 16.7. The maximum absolute atomic E-state index is 12.2. The first kappa shape index (κ1) is 15.2. The Morgan fingerprint density at radius 2 is 1.96 bits per heavy atom. The van der Waals surface area contributed by atoms with Gasteiger partial charge in [-0.3, -0.25) is 4.79 Å². The average Bonchev–Trinajstić information content (AvgIpc) is 3.44. The molecule has 0 atom stereocenters. The molecule has 1 N–H and O–H groups in total. The van der Waals surface area contributed by atoms with E-state index in [0.29, 0.717) is 29.2 Å². The van der Waals surface area contributed by atoms with Crippen molar-refractivity contribution in [2.24, 2.45) is 11.8 Å². The van der Waals surface area contributed by atoms with E-state index in [1.54, 1.807) is 12.1 Å². The highest BCUT2D eigenvalue weighted by molar-refractivity contribution is 5.81. The summed E-state index contributed by atoms with van der Waals surface area (Å²) < 4.78 is 10.8. The number of hydrogen-bond acceptors (Lipinski definition) is 4. The number of carbonyl (C=O) groups excluding carboxylic acids is 1. The van der Waals surface area contributed by atoms with E-state index >= 15 is 0 Å². The van der Waals surface area contributed by atoms with E-state index in [1.165, 1.54) is 31.7 Å². The normalized spacial score (nSPS) is 17.2. The van der Waals surface area contributed by atoms with Crippen molar-refractivity contribution in [1.82, 2.24) is 5.32 Å². The number of carbonyl (C=O) groups is 1. The highest BCUT2D eigenvalue weighted by Gasteiger charge is 2.42. The van der Waals surface area contributed by atoms with Crippen LogP contribution in [0.5, 0.6) is 5.75 Å². The summed E-state index contributed by atoms with van der Waals surface area (Å²) in [6.45, 7) is 1.85. The molecule has 0 radical (unpaired) electrons. The van der Waals surface area contributed by atoms with Crippen LogP contribution in [0.1, 0.15) is 31.2 Å². The van der Waals surface area contributed by atoms with Gasteiger partial charge >= 0.3 is 5.63 Å². The molecule has 5 nitrogen and oxygen atoms in total. The van der Waals surface area contributed by atoms with E-state index in [2.05, 4.69) is 5.32 Å². The Bertz CT molecular complexity index is 821. The molecule has 0 saturated heterocycles. The average molecular weight is 327 g/mol. The Balaban J connectivity index is 1.40. The molecule has 2 saturated carbocycles. The molecule has 1 heterocycles. The largest absolute Gasteiger partial charge is 0.484 e. The van der Waals surface area contributed by atoms with Gasteiger partial charge in [-0.05, 0) is 62.1 Å². The van der Waals surface area contributed by atoms with Gasteiger partial charge in [0.25, 0.3) is 5.91 Å². The third-order valence-corrected chi connectivity index (χ3v) is 4.88. The summed E-state index contributed by atoms with van der Waals surface area (Å²) in [5, 5.41) is 4.00. The first-order valence-corrected chi connectivity index (χ1v) is 8.57. The highest BCUT2D eigenvalue weighted by Crippen LogP contribution is 2.44. The smallest absolute Gasteiger partial charge is 0.336 e. The number of amides is 1. The van der Waals surface area contributed by atoms with Crippen LogP contribution >= 0.6 is 0 Å². The molecule has 0 aliphatic heterocycles. The van der Waals surface area contributed by atoms with Gasteiger partial charge in [-0.15, -0.1) is 0 Å². The molecule has 2 aromatic rings. The van der Waals surface area contributed by atoms with Crippen molar-refractivity contribution in [3.63, 3.8) is 0 Å². The summed E-state index contributed by atoms with van der Waals surface area (Å²) in [6.07, 6.45) is 4.91. The summed E-state index contributed by atoms with van der Waals surface area (Å²) in [4.78, 5) is 23.6. The third-order valence-electron chi connectivity index (χ3n) is 4.88. The molecule has 0 unspecified atom stereocenters. The van der Waals surface area contributed by atoms with E-state index in [0.717, 1.165) is 10.9 Å². The summed E-state index contributed by atoms with van der Waals surface area (Å²) in [5.74, 6) is 1.78. The number of fused-ring (bicyclic) bond motifs is 1. The molecular weight excluding hydrogens is 306 g/mol. The van der Waals surface area contributed by atoms with E-state index in [1.807, 2.05) is 13.0 Å². The second-order valence-electron chi connectivity index (χ2n) is 6.96. The monoisotopic (exact) mass is 327 g/mol. The minimum atomic E-state index is -0.383. The second-order valence-corrected chi connectivity index (χ2v) is 6.96. The summed E-state index contributed by atoms with van der Waals surface area (Å²) in [7, 11) is 0. The van der Waals surface area contributed by atoms with Crippen LogP contribution in [0.3, 0.4) is 0 Å². The van der Waals surface area contributed by atoms with Crippen molar-refractivity contribution in [2.45, 2.75) is 38.6 Å². The van der Waals surface area contributed by atoms with Crippen LogP contribution in [0.2, 0.25) is 0 Å². The number of benzene rings is 1. The first-order valence-electron chi connectivity index (χ1n) is 8.57. The fourth-order valence-corrected chi connectivity index (χ4v) is 3.30. The topological polar surface area (TPSA) is 68.5 Å². The Kier molecular flexibility index (Phi) is 3.79. The summed E-state index contributed by atoms with van der Waals surface area (Å²) in [5.41, 5.74) is 0.959. The van der Waals surface area contributed by atoms with Gasteiger partial charge in [0, 0.05) is 23.6 Å². The molecule has 4 rings (SSSR count). The lowest BCUT2D eigenvalue weighted by Gasteiger charge is -2.17. The Hall–Kier alpha value is -2.30. The van der Waals surface area contributed by atoms with Crippen molar-refractivity contribution in [3.05, 3.63) is 40.2 Å². The predicted molar refractivity (Wildman–Crippen MR) is 90.1 cm³/mol. The predicted octanol–water partition coefficient (Wildman–Crippen LogP) is 2.79. The number of aryl methyl sites for hydroxylation is 1. The molecule has 24 heavy (non-hydrogen) atoms. The number of rotatable bonds is 6. The zero-order valence-electron chi connectivity index (χ0n) is 13.7. The molecule has 1 aromatic heterocycles. The SMILES string of the molecule is Cc1cc(=O)oc2cc(OCC(=O)NC(C3CC3)C3CC3)ccc12. The van der Waals surface area contributed by atoms with Crippen LogP contribution in [0.25, 0.3) is 11.0 Å². The van der Waals surface area contributed by atoms with Crippen molar-refractivity contribution < 1.29 is 13.9 Å².